The smallest absolute Gasteiger partial charge is 0.329 e. The number of carbonyl (C=O) groups excluding carboxylic acids is 1. The zero-order valence-corrected chi connectivity index (χ0v) is 13.9. The van der Waals surface area contributed by atoms with Gasteiger partial charge in [0.25, 0.3) is 0 Å². The minimum atomic E-state index is -1.08. The molecule has 2 rings (SSSR count). The molecule has 0 unspecified atom stereocenters. The van der Waals surface area contributed by atoms with Gasteiger partial charge in [0.05, 0.1) is 0 Å². The first-order chi connectivity index (χ1) is 11.0. The molecule has 128 valence electrons. The average molecular weight is 321 g/mol. The molecule has 2 aliphatic rings. The van der Waals surface area contributed by atoms with Crippen LogP contribution in [0, 0.1) is 0 Å². The van der Waals surface area contributed by atoms with Crippen molar-refractivity contribution in [2.75, 3.05) is 26.2 Å². The van der Waals surface area contributed by atoms with E-state index < -0.39 is 11.5 Å². The number of urea groups is 1. The van der Waals surface area contributed by atoms with Crippen LogP contribution >= 0.6 is 0 Å². The van der Waals surface area contributed by atoms with Gasteiger partial charge >= 0.3 is 12.0 Å². The highest BCUT2D eigenvalue weighted by atomic mass is 16.4. The maximum atomic E-state index is 12.5. The molecule has 2 N–H and O–H groups in total. The molecule has 0 atom stereocenters. The van der Waals surface area contributed by atoms with Crippen LogP contribution in [0.2, 0.25) is 0 Å². The van der Waals surface area contributed by atoms with E-state index in [0.29, 0.717) is 25.9 Å². The van der Waals surface area contributed by atoms with Crippen molar-refractivity contribution in [1.29, 1.82) is 0 Å². The average Bonchev–Trinajstić information content (AvgIpc) is 2.56. The van der Waals surface area contributed by atoms with Gasteiger partial charge in [-0.2, -0.15) is 0 Å². The summed E-state index contributed by atoms with van der Waals surface area (Å²) >= 11 is 0. The van der Waals surface area contributed by atoms with Crippen molar-refractivity contribution in [2.45, 2.75) is 44.6 Å². The lowest BCUT2D eigenvalue weighted by Crippen LogP contribution is -2.60. The number of carboxylic acids is 1. The zero-order chi connectivity index (χ0) is 16.9. The standard InChI is InChI=1S/C17H27N3O3/c1-3-7-14(2)19-10-12-20(13-11-19)16(23)18-17(15(21)22)8-5-4-6-9-17/h3,7H,1,4-6,8-13H2,2H3,(H,18,23)(H,21,22)/b14-7+. The molecule has 0 spiro atoms. The van der Waals surface area contributed by atoms with Gasteiger partial charge in [0.2, 0.25) is 0 Å². The molecule has 0 aromatic carbocycles. The lowest BCUT2D eigenvalue weighted by Gasteiger charge is -2.40. The molecule has 23 heavy (non-hydrogen) atoms. The van der Waals surface area contributed by atoms with E-state index in [4.69, 9.17) is 0 Å². The molecule has 0 bridgehead atoms. The van der Waals surface area contributed by atoms with Gasteiger partial charge in [0.1, 0.15) is 5.54 Å². The fourth-order valence-corrected chi connectivity index (χ4v) is 3.37. The third-order valence-corrected chi connectivity index (χ3v) is 4.89. The topological polar surface area (TPSA) is 72.9 Å². The van der Waals surface area contributed by atoms with E-state index in [9.17, 15) is 14.7 Å². The Balaban J connectivity index is 1.93. The molecule has 1 saturated carbocycles. The summed E-state index contributed by atoms with van der Waals surface area (Å²) in [5, 5.41) is 12.4. The number of nitrogens with one attached hydrogen (secondary N) is 1. The molecule has 6 nitrogen and oxygen atoms in total. The maximum absolute atomic E-state index is 12.5. The lowest BCUT2D eigenvalue weighted by molar-refractivity contribution is -0.146. The summed E-state index contributed by atoms with van der Waals surface area (Å²) in [6.07, 6.45) is 7.51. The second kappa shape index (κ2) is 7.53. The van der Waals surface area contributed by atoms with Gasteiger partial charge in [-0.15, -0.1) is 0 Å². The Hall–Kier alpha value is -1.98. The predicted molar refractivity (Wildman–Crippen MR) is 89.1 cm³/mol. The monoisotopic (exact) mass is 321 g/mol. The zero-order valence-electron chi connectivity index (χ0n) is 13.9. The summed E-state index contributed by atoms with van der Waals surface area (Å²) in [4.78, 5) is 28.1. The normalized spacial score (nSPS) is 21.7. The summed E-state index contributed by atoms with van der Waals surface area (Å²) in [6.45, 7) is 8.43. The third kappa shape index (κ3) is 4.06. The Morgan fingerprint density at radius 2 is 1.65 bits per heavy atom. The van der Waals surface area contributed by atoms with Gasteiger partial charge in [-0.25, -0.2) is 9.59 Å². The van der Waals surface area contributed by atoms with E-state index in [-0.39, 0.29) is 6.03 Å². The Morgan fingerprint density at radius 3 is 2.17 bits per heavy atom. The van der Waals surface area contributed by atoms with E-state index in [2.05, 4.69) is 16.8 Å². The Kier molecular flexibility index (Phi) is 5.69. The van der Waals surface area contributed by atoms with Crippen molar-refractivity contribution in [3.8, 4) is 0 Å². The van der Waals surface area contributed by atoms with Gasteiger partial charge in [-0.3, -0.25) is 0 Å². The van der Waals surface area contributed by atoms with Crippen LogP contribution in [0.1, 0.15) is 39.0 Å². The predicted octanol–water partition coefficient (Wildman–Crippen LogP) is 2.19. The molecule has 2 amide bonds. The maximum Gasteiger partial charge on any atom is 0.329 e. The van der Waals surface area contributed by atoms with Crippen molar-refractivity contribution in [3.05, 3.63) is 24.4 Å². The quantitative estimate of drug-likeness (QED) is 0.779. The van der Waals surface area contributed by atoms with Crippen LogP contribution in [0.4, 0.5) is 4.79 Å². The fraction of sp³-hybridized carbons (Fsp3) is 0.647. The Morgan fingerprint density at radius 1 is 1.09 bits per heavy atom. The van der Waals surface area contributed by atoms with Crippen LogP contribution in [0.25, 0.3) is 0 Å². The van der Waals surface area contributed by atoms with Crippen molar-refractivity contribution in [1.82, 2.24) is 15.1 Å². The number of hydrogen-bond donors (Lipinski definition) is 2. The number of carboxylic acid groups (broad SMARTS) is 1. The number of carbonyl (C=O) groups is 2. The van der Waals surface area contributed by atoms with Crippen LogP contribution in [0.15, 0.2) is 24.4 Å². The van der Waals surface area contributed by atoms with Gasteiger partial charge in [-0.05, 0) is 25.8 Å². The first-order valence-corrected chi connectivity index (χ1v) is 8.33. The highest BCUT2D eigenvalue weighted by molar-refractivity contribution is 5.86. The number of piperazine rings is 1. The van der Waals surface area contributed by atoms with Crippen LogP contribution < -0.4 is 5.32 Å². The van der Waals surface area contributed by atoms with Crippen LogP contribution in [-0.4, -0.2) is 58.6 Å². The summed E-state index contributed by atoms with van der Waals surface area (Å²) in [5.74, 6) is -0.908. The highest BCUT2D eigenvalue weighted by Crippen LogP contribution is 2.28. The van der Waals surface area contributed by atoms with Gasteiger partial charge in [0, 0.05) is 31.9 Å². The van der Waals surface area contributed by atoms with Crippen molar-refractivity contribution in [2.24, 2.45) is 0 Å². The van der Waals surface area contributed by atoms with E-state index in [1.165, 1.54) is 0 Å². The Labute approximate surface area is 137 Å². The number of rotatable bonds is 4. The number of aliphatic carboxylic acids is 1. The third-order valence-electron chi connectivity index (χ3n) is 4.89. The largest absolute Gasteiger partial charge is 0.480 e. The molecule has 1 aliphatic heterocycles. The molecule has 0 aromatic rings. The summed E-state index contributed by atoms with van der Waals surface area (Å²) in [6, 6.07) is -0.251. The molecule has 0 aromatic heterocycles. The molecular weight excluding hydrogens is 294 g/mol. The first kappa shape index (κ1) is 17.4. The second-order valence-corrected chi connectivity index (χ2v) is 6.40. The van der Waals surface area contributed by atoms with Gasteiger partial charge in [-0.1, -0.05) is 31.9 Å². The van der Waals surface area contributed by atoms with Crippen LogP contribution in [-0.2, 0) is 4.79 Å². The minimum Gasteiger partial charge on any atom is -0.480 e. The van der Waals surface area contributed by atoms with Crippen LogP contribution in [0.3, 0.4) is 0 Å². The van der Waals surface area contributed by atoms with E-state index in [1.807, 2.05) is 13.0 Å². The number of amides is 2. The molecule has 6 heteroatoms. The Bertz CT molecular complexity index is 487. The number of hydrogen-bond acceptors (Lipinski definition) is 3. The number of allylic oxidation sites excluding steroid dienone is 3. The first-order valence-electron chi connectivity index (χ1n) is 8.33. The summed E-state index contributed by atoms with van der Waals surface area (Å²) in [5.41, 5.74) is 0.0554. The number of nitrogens with zero attached hydrogens (tertiary/aromatic N) is 2. The minimum absolute atomic E-state index is 0.251. The molecule has 2 fully saturated rings. The van der Waals surface area contributed by atoms with Gasteiger partial charge < -0.3 is 20.2 Å². The molecule has 1 heterocycles. The van der Waals surface area contributed by atoms with Crippen molar-refractivity contribution < 1.29 is 14.7 Å². The SMILES string of the molecule is C=C/C=C(\C)N1CCN(C(=O)NC2(C(=O)O)CCCCC2)CC1. The fourth-order valence-electron chi connectivity index (χ4n) is 3.37. The highest BCUT2D eigenvalue weighted by Gasteiger charge is 2.42. The van der Waals surface area contributed by atoms with E-state index >= 15 is 0 Å². The summed E-state index contributed by atoms with van der Waals surface area (Å²) in [7, 11) is 0. The second-order valence-electron chi connectivity index (χ2n) is 6.40. The lowest BCUT2D eigenvalue weighted by atomic mass is 9.82. The van der Waals surface area contributed by atoms with Crippen molar-refractivity contribution in [3.63, 3.8) is 0 Å². The van der Waals surface area contributed by atoms with E-state index in [1.54, 1.807) is 11.0 Å². The van der Waals surface area contributed by atoms with Crippen LogP contribution in [0.5, 0.6) is 0 Å². The van der Waals surface area contributed by atoms with Gasteiger partial charge in [0.15, 0.2) is 0 Å². The molecule has 1 saturated heterocycles. The molecular formula is C17H27N3O3. The molecule has 1 aliphatic carbocycles. The summed E-state index contributed by atoms with van der Waals surface area (Å²) < 4.78 is 0. The molecule has 0 radical (unpaired) electrons. The van der Waals surface area contributed by atoms with Crippen molar-refractivity contribution >= 4 is 12.0 Å². The van der Waals surface area contributed by atoms with E-state index in [0.717, 1.165) is 38.0 Å².